The van der Waals surface area contributed by atoms with Crippen molar-refractivity contribution in [2.75, 3.05) is 13.2 Å². The highest BCUT2D eigenvalue weighted by molar-refractivity contribution is 6.31. The van der Waals surface area contributed by atoms with Crippen LogP contribution in [-0.4, -0.2) is 39.7 Å². The standard InChI is InChI=1S/C19H12Cl2F2N4O2/c20-12-5-10(1-3-14(12)22)17-7-16(19(29)26-8-18(28)24-9-26)25-27(17)11-2-4-15(23)13(21)6-11/h1-7H,8-9H2,(H,24,28). The summed E-state index contributed by atoms with van der Waals surface area (Å²) < 4.78 is 28.6. The number of nitrogens with zero attached hydrogens (tertiary/aromatic N) is 3. The molecule has 0 unspecified atom stereocenters. The molecule has 6 nitrogen and oxygen atoms in total. The van der Waals surface area contributed by atoms with Gasteiger partial charge < -0.3 is 10.2 Å². The minimum absolute atomic E-state index is 0.0531. The van der Waals surface area contributed by atoms with Crippen molar-refractivity contribution in [3.05, 3.63) is 69.8 Å². The molecule has 148 valence electrons. The molecule has 1 N–H and O–H groups in total. The van der Waals surface area contributed by atoms with Gasteiger partial charge in [-0.15, -0.1) is 0 Å². The Balaban J connectivity index is 1.84. The first-order valence-electron chi connectivity index (χ1n) is 8.40. The Bertz CT molecular complexity index is 1080. The van der Waals surface area contributed by atoms with Crippen LogP contribution in [0.2, 0.25) is 10.0 Å². The van der Waals surface area contributed by atoms with Crippen LogP contribution in [0.5, 0.6) is 0 Å². The van der Waals surface area contributed by atoms with Crippen LogP contribution in [0.4, 0.5) is 8.78 Å². The highest BCUT2D eigenvalue weighted by Crippen LogP contribution is 2.29. The normalized spacial score (nSPS) is 13.7. The molecule has 0 aliphatic carbocycles. The van der Waals surface area contributed by atoms with Crippen molar-refractivity contribution in [2.24, 2.45) is 0 Å². The third-order valence-corrected chi connectivity index (χ3v) is 4.96. The van der Waals surface area contributed by atoms with E-state index in [1.54, 1.807) is 0 Å². The first kappa shape index (κ1) is 19.4. The molecular formula is C19H12Cl2F2N4O2. The van der Waals surface area contributed by atoms with Gasteiger partial charge in [-0.25, -0.2) is 13.5 Å². The molecule has 3 aromatic rings. The van der Waals surface area contributed by atoms with Crippen LogP contribution in [0.15, 0.2) is 42.5 Å². The van der Waals surface area contributed by atoms with E-state index in [9.17, 15) is 18.4 Å². The molecule has 1 fully saturated rings. The van der Waals surface area contributed by atoms with Crippen LogP contribution in [-0.2, 0) is 4.79 Å². The fraction of sp³-hybridized carbons (Fsp3) is 0.105. The second-order valence-electron chi connectivity index (χ2n) is 6.32. The van der Waals surface area contributed by atoms with Gasteiger partial charge in [0, 0.05) is 5.56 Å². The summed E-state index contributed by atoms with van der Waals surface area (Å²) in [5.41, 5.74) is 1.34. The van der Waals surface area contributed by atoms with E-state index in [0.717, 1.165) is 0 Å². The van der Waals surface area contributed by atoms with Gasteiger partial charge in [0.25, 0.3) is 5.91 Å². The fourth-order valence-corrected chi connectivity index (χ4v) is 3.29. The summed E-state index contributed by atoms with van der Waals surface area (Å²) in [4.78, 5) is 25.5. The molecule has 0 atom stereocenters. The maximum absolute atomic E-state index is 13.6. The fourth-order valence-electron chi connectivity index (χ4n) is 2.93. The maximum Gasteiger partial charge on any atom is 0.276 e. The molecule has 1 aromatic heterocycles. The van der Waals surface area contributed by atoms with Crippen molar-refractivity contribution >= 4 is 35.0 Å². The number of amides is 2. The van der Waals surface area contributed by atoms with Crippen LogP contribution in [0.25, 0.3) is 16.9 Å². The molecule has 4 rings (SSSR count). The summed E-state index contributed by atoms with van der Waals surface area (Å²) in [5.74, 6) is -1.94. The SMILES string of the molecule is O=C1CN(C(=O)c2cc(-c3ccc(F)c(Cl)c3)n(-c3ccc(F)c(Cl)c3)n2)CN1. The first-order chi connectivity index (χ1) is 13.8. The summed E-state index contributed by atoms with van der Waals surface area (Å²) >= 11 is 11.8. The van der Waals surface area contributed by atoms with E-state index in [2.05, 4.69) is 10.4 Å². The Hall–Kier alpha value is -2.97. The van der Waals surface area contributed by atoms with Crippen molar-refractivity contribution in [1.82, 2.24) is 20.0 Å². The largest absolute Gasteiger partial charge is 0.337 e. The highest BCUT2D eigenvalue weighted by atomic mass is 35.5. The Morgan fingerprint density at radius 1 is 1.03 bits per heavy atom. The molecule has 0 radical (unpaired) electrons. The molecule has 0 saturated carbocycles. The lowest BCUT2D eigenvalue weighted by atomic mass is 10.1. The van der Waals surface area contributed by atoms with E-state index in [4.69, 9.17) is 23.2 Å². The van der Waals surface area contributed by atoms with Crippen molar-refractivity contribution in [2.45, 2.75) is 0 Å². The van der Waals surface area contributed by atoms with Crippen molar-refractivity contribution in [3.63, 3.8) is 0 Å². The average molecular weight is 437 g/mol. The molecule has 10 heteroatoms. The molecular weight excluding hydrogens is 425 g/mol. The zero-order valence-corrected chi connectivity index (χ0v) is 16.1. The topological polar surface area (TPSA) is 67.2 Å². The van der Waals surface area contributed by atoms with E-state index in [0.29, 0.717) is 16.9 Å². The molecule has 0 bridgehead atoms. The third kappa shape index (κ3) is 3.68. The zero-order chi connectivity index (χ0) is 20.7. The lowest BCUT2D eigenvalue weighted by Gasteiger charge is -2.10. The van der Waals surface area contributed by atoms with E-state index in [1.165, 1.54) is 52.0 Å². The minimum Gasteiger partial charge on any atom is -0.337 e. The van der Waals surface area contributed by atoms with Gasteiger partial charge in [0.2, 0.25) is 5.91 Å². The summed E-state index contributed by atoms with van der Waals surface area (Å²) in [6.45, 7) is -0.00358. The Morgan fingerprint density at radius 2 is 1.72 bits per heavy atom. The molecule has 0 spiro atoms. The number of carbonyl (C=O) groups is 2. The van der Waals surface area contributed by atoms with Gasteiger partial charge in [-0.3, -0.25) is 9.59 Å². The highest BCUT2D eigenvalue weighted by Gasteiger charge is 2.27. The molecule has 2 aromatic carbocycles. The average Bonchev–Trinajstić information content (AvgIpc) is 3.32. The van der Waals surface area contributed by atoms with Gasteiger partial charge in [0.15, 0.2) is 5.69 Å². The van der Waals surface area contributed by atoms with Gasteiger partial charge in [-0.1, -0.05) is 23.2 Å². The van der Waals surface area contributed by atoms with E-state index in [1.807, 2.05) is 0 Å². The molecule has 2 heterocycles. The lowest BCUT2D eigenvalue weighted by Crippen LogP contribution is -2.30. The van der Waals surface area contributed by atoms with Crippen LogP contribution < -0.4 is 5.32 Å². The number of aromatic nitrogens is 2. The number of benzene rings is 2. The minimum atomic E-state index is -0.605. The predicted molar refractivity (Wildman–Crippen MR) is 103 cm³/mol. The number of hydrogen-bond donors (Lipinski definition) is 1. The number of nitrogens with one attached hydrogen (secondary N) is 1. The van der Waals surface area contributed by atoms with Crippen LogP contribution in [0, 0.1) is 11.6 Å². The summed E-state index contributed by atoms with van der Waals surface area (Å²) in [5, 5.41) is 6.64. The molecule has 1 saturated heterocycles. The second-order valence-corrected chi connectivity index (χ2v) is 7.13. The van der Waals surface area contributed by atoms with Crippen LogP contribution in [0.3, 0.4) is 0 Å². The van der Waals surface area contributed by atoms with E-state index >= 15 is 0 Å². The first-order valence-corrected chi connectivity index (χ1v) is 9.16. The lowest BCUT2D eigenvalue weighted by molar-refractivity contribution is -0.118. The van der Waals surface area contributed by atoms with E-state index in [-0.39, 0.29) is 34.9 Å². The quantitative estimate of drug-likeness (QED) is 0.681. The smallest absolute Gasteiger partial charge is 0.276 e. The van der Waals surface area contributed by atoms with Gasteiger partial charge in [-0.2, -0.15) is 5.10 Å². The molecule has 29 heavy (non-hydrogen) atoms. The Labute approximate surface area is 173 Å². The molecule has 1 aliphatic heterocycles. The number of carbonyl (C=O) groups excluding carboxylic acids is 2. The summed E-state index contributed by atoms with van der Waals surface area (Å²) in [7, 11) is 0. The Kier molecular flexibility index (Phi) is 4.97. The summed E-state index contributed by atoms with van der Waals surface area (Å²) in [6, 6.07) is 9.53. The van der Waals surface area contributed by atoms with E-state index < -0.39 is 17.5 Å². The molecule has 2 amide bonds. The van der Waals surface area contributed by atoms with Crippen molar-refractivity contribution in [1.29, 1.82) is 0 Å². The zero-order valence-electron chi connectivity index (χ0n) is 14.6. The Morgan fingerprint density at radius 3 is 2.34 bits per heavy atom. The second kappa shape index (κ2) is 7.46. The third-order valence-electron chi connectivity index (χ3n) is 4.38. The van der Waals surface area contributed by atoms with Crippen molar-refractivity contribution in [3.8, 4) is 16.9 Å². The molecule has 1 aliphatic rings. The number of halogens is 4. The maximum atomic E-state index is 13.6. The van der Waals surface area contributed by atoms with Crippen LogP contribution >= 0.6 is 23.2 Å². The van der Waals surface area contributed by atoms with Gasteiger partial charge in [-0.05, 0) is 42.5 Å². The predicted octanol–water partition coefficient (Wildman–Crippen LogP) is 3.65. The van der Waals surface area contributed by atoms with Gasteiger partial charge >= 0.3 is 0 Å². The van der Waals surface area contributed by atoms with Gasteiger partial charge in [0.05, 0.1) is 28.1 Å². The number of rotatable bonds is 3. The van der Waals surface area contributed by atoms with Crippen LogP contribution in [0.1, 0.15) is 10.5 Å². The van der Waals surface area contributed by atoms with Gasteiger partial charge in [0.1, 0.15) is 18.2 Å². The monoisotopic (exact) mass is 436 g/mol. The summed E-state index contributed by atoms with van der Waals surface area (Å²) in [6.07, 6.45) is 0. The number of hydrogen-bond acceptors (Lipinski definition) is 3. The van der Waals surface area contributed by atoms with Crippen molar-refractivity contribution < 1.29 is 18.4 Å².